The van der Waals surface area contributed by atoms with Gasteiger partial charge in [-0.25, -0.2) is 9.59 Å². The van der Waals surface area contributed by atoms with Gasteiger partial charge in [-0.05, 0) is 46.4 Å². The highest BCUT2D eigenvalue weighted by atomic mass is 16.5. The summed E-state index contributed by atoms with van der Waals surface area (Å²) in [7, 11) is 0. The van der Waals surface area contributed by atoms with Crippen molar-refractivity contribution in [3.63, 3.8) is 0 Å². The molecule has 0 aromatic heterocycles. The molecule has 0 unspecified atom stereocenters. The minimum Gasteiger partial charge on any atom is -0.478 e. The van der Waals surface area contributed by atoms with Crippen LogP contribution in [0.4, 0.5) is 4.79 Å². The minimum absolute atomic E-state index is 0.00990. The van der Waals surface area contributed by atoms with Crippen LogP contribution in [0.25, 0.3) is 11.1 Å². The van der Waals surface area contributed by atoms with Gasteiger partial charge in [-0.15, -0.1) is 0 Å². The van der Waals surface area contributed by atoms with Crippen LogP contribution < -0.4 is 10.5 Å². The Kier molecular flexibility index (Phi) is 4.50. The summed E-state index contributed by atoms with van der Waals surface area (Å²) >= 11 is 0. The van der Waals surface area contributed by atoms with Gasteiger partial charge in [0.05, 0.1) is 0 Å². The molecule has 0 fully saturated rings. The Morgan fingerprint density at radius 1 is 1.00 bits per heavy atom. The van der Waals surface area contributed by atoms with E-state index in [0.29, 0.717) is 5.56 Å². The standard InChI is InChI=1S/C22H25NO4/c1-21(2)10-11-22(3,4)17-12-13(8-9-16(17)21)14-6-5-7-15(19(24)25)18(14)27-20(23)26/h5-9,12H,10-11H2,1-4H3,(H2,23,26)(H,24,25). The van der Waals surface area contributed by atoms with Crippen LogP contribution in [0.3, 0.4) is 0 Å². The van der Waals surface area contributed by atoms with Gasteiger partial charge in [0.15, 0.2) is 5.75 Å². The van der Waals surface area contributed by atoms with E-state index in [-0.39, 0.29) is 22.1 Å². The number of ether oxygens (including phenoxy) is 1. The summed E-state index contributed by atoms with van der Waals surface area (Å²) < 4.78 is 5.09. The summed E-state index contributed by atoms with van der Waals surface area (Å²) in [6.07, 6.45) is 1.14. The first kappa shape index (κ1) is 19.0. The first-order valence-electron chi connectivity index (χ1n) is 9.02. The Labute approximate surface area is 159 Å². The van der Waals surface area contributed by atoms with E-state index in [1.54, 1.807) is 12.1 Å². The third-order valence-electron chi connectivity index (χ3n) is 5.61. The molecule has 5 heteroatoms. The SMILES string of the molecule is CC1(C)CCC(C)(C)c2cc(-c3cccc(C(=O)O)c3OC(N)=O)ccc21. The number of aromatic carboxylic acids is 1. The van der Waals surface area contributed by atoms with Crippen LogP contribution in [0.15, 0.2) is 36.4 Å². The quantitative estimate of drug-likeness (QED) is 0.811. The van der Waals surface area contributed by atoms with Gasteiger partial charge in [0, 0.05) is 5.56 Å². The second-order valence-electron chi connectivity index (χ2n) is 8.44. The van der Waals surface area contributed by atoms with E-state index < -0.39 is 12.1 Å². The first-order chi connectivity index (χ1) is 12.5. The lowest BCUT2D eigenvalue weighted by Gasteiger charge is -2.42. The molecule has 0 heterocycles. The topological polar surface area (TPSA) is 89.6 Å². The molecule has 5 nitrogen and oxygen atoms in total. The predicted molar refractivity (Wildman–Crippen MR) is 104 cm³/mol. The molecule has 27 heavy (non-hydrogen) atoms. The zero-order chi connectivity index (χ0) is 20.0. The predicted octanol–water partition coefficient (Wildman–Crippen LogP) is 4.86. The van der Waals surface area contributed by atoms with Crippen LogP contribution in [-0.2, 0) is 10.8 Å². The molecule has 0 saturated heterocycles. The van der Waals surface area contributed by atoms with E-state index in [0.717, 1.165) is 18.4 Å². The summed E-state index contributed by atoms with van der Waals surface area (Å²) in [5.74, 6) is -1.20. The normalized spacial score (nSPS) is 17.0. The number of carbonyl (C=O) groups is 2. The molecule has 2 aromatic carbocycles. The van der Waals surface area contributed by atoms with Crippen molar-refractivity contribution in [3.8, 4) is 16.9 Å². The lowest BCUT2D eigenvalue weighted by atomic mass is 9.63. The largest absolute Gasteiger partial charge is 0.478 e. The zero-order valence-corrected chi connectivity index (χ0v) is 16.1. The van der Waals surface area contributed by atoms with E-state index in [1.165, 1.54) is 17.2 Å². The maximum absolute atomic E-state index is 11.6. The highest BCUT2D eigenvalue weighted by Crippen LogP contribution is 2.47. The van der Waals surface area contributed by atoms with Crippen molar-refractivity contribution in [2.24, 2.45) is 5.73 Å². The van der Waals surface area contributed by atoms with Gasteiger partial charge in [-0.3, -0.25) is 0 Å². The zero-order valence-electron chi connectivity index (χ0n) is 16.1. The molecule has 1 amide bonds. The second-order valence-corrected chi connectivity index (χ2v) is 8.44. The molecule has 3 N–H and O–H groups in total. The average molecular weight is 367 g/mol. The third-order valence-corrected chi connectivity index (χ3v) is 5.61. The van der Waals surface area contributed by atoms with Gasteiger partial charge in [-0.1, -0.05) is 58.0 Å². The van der Waals surface area contributed by atoms with Gasteiger partial charge >= 0.3 is 12.1 Å². The number of hydrogen-bond acceptors (Lipinski definition) is 3. The van der Waals surface area contributed by atoms with Gasteiger partial charge in [0.25, 0.3) is 0 Å². The van der Waals surface area contributed by atoms with Gasteiger partial charge in [0.2, 0.25) is 0 Å². The summed E-state index contributed by atoms with van der Waals surface area (Å²) in [5, 5.41) is 9.46. The molecule has 0 spiro atoms. The number of hydrogen-bond donors (Lipinski definition) is 2. The molecular weight excluding hydrogens is 342 g/mol. The second kappa shape index (κ2) is 6.41. The number of amides is 1. The monoisotopic (exact) mass is 367 g/mol. The Bertz CT molecular complexity index is 928. The maximum atomic E-state index is 11.6. The molecule has 0 saturated carbocycles. The fourth-order valence-corrected chi connectivity index (χ4v) is 3.90. The van der Waals surface area contributed by atoms with Crippen LogP contribution in [0.5, 0.6) is 5.75 Å². The number of carbonyl (C=O) groups excluding carboxylic acids is 1. The highest BCUT2D eigenvalue weighted by Gasteiger charge is 2.37. The Morgan fingerprint density at radius 3 is 2.22 bits per heavy atom. The molecule has 142 valence electrons. The molecule has 0 bridgehead atoms. The summed E-state index contributed by atoms with van der Waals surface area (Å²) in [6.45, 7) is 8.93. The molecule has 1 aliphatic carbocycles. The van der Waals surface area contributed by atoms with E-state index >= 15 is 0 Å². The smallest absolute Gasteiger partial charge is 0.410 e. The van der Waals surface area contributed by atoms with E-state index in [9.17, 15) is 14.7 Å². The number of rotatable bonds is 3. The Hall–Kier alpha value is -2.82. The van der Waals surface area contributed by atoms with Crippen molar-refractivity contribution >= 4 is 12.1 Å². The summed E-state index contributed by atoms with van der Waals surface area (Å²) in [5.41, 5.74) is 9.05. The van der Waals surface area contributed by atoms with Crippen LogP contribution in [0.2, 0.25) is 0 Å². The molecule has 3 rings (SSSR count). The van der Waals surface area contributed by atoms with E-state index in [2.05, 4.69) is 39.8 Å². The number of carboxylic acid groups (broad SMARTS) is 1. The van der Waals surface area contributed by atoms with Crippen LogP contribution >= 0.6 is 0 Å². The third kappa shape index (κ3) is 3.42. The molecule has 1 aliphatic rings. The van der Waals surface area contributed by atoms with Crippen LogP contribution in [0.1, 0.15) is 62.0 Å². The molecule has 0 atom stereocenters. The lowest BCUT2D eigenvalue weighted by molar-refractivity contribution is 0.0694. The fourth-order valence-electron chi connectivity index (χ4n) is 3.90. The minimum atomic E-state index is -1.17. The Morgan fingerprint density at radius 2 is 1.63 bits per heavy atom. The van der Waals surface area contributed by atoms with Crippen molar-refractivity contribution < 1.29 is 19.4 Å². The van der Waals surface area contributed by atoms with Crippen molar-refractivity contribution in [2.75, 3.05) is 0 Å². The van der Waals surface area contributed by atoms with E-state index in [4.69, 9.17) is 10.5 Å². The number of nitrogens with two attached hydrogens (primary N) is 1. The van der Waals surface area contributed by atoms with Crippen molar-refractivity contribution in [1.82, 2.24) is 0 Å². The highest BCUT2D eigenvalue weighted by molar-refractivity contribution is 5.95. The Balaban J connectivity index is 2.23. The molecular formula is C22H25NO4. The summed E-state index contributed by atoms with van der Waals surface area (Å²) in [4.78, 5) is 22.9. The average Bonchev–Trinajstić information content (AvgIpc) is 2.58. The first-order valence-corrected chi connectivity index (χ1v) is 9.02. The molecule has 0 radical (unpaired) electrons. The van der Waals surface area contributed by atoms with Gasteiger partial charge in [-0.2, -0.15) is 0 Å². The van der Waals surface area contributed by atoms with E-state index in [1.807, 2.05) is 6.07 Å². The lowest BCUT2D eigenvalue weighted by Crippen LogP contribution is -2.33. The van der Waals surface area contributed by atoms with Gasteiger partial charge < -0.3 is 15.6 Å². The maximum Gasteiger partial charge on any atom is 0.410 e. The number of fused-ring (bicyclic) bond motifs is 1. The number of carboxylic acids is 1. The van der Waals surface area contributed by atoms with Crippen LogP contribution in [-0.4, -0.2) is 17.2 Å². The fraction of sp³-hybridized carbons (Fsp3) is 0.364. The number of benzene rings is 2. The van der Waals surface area contributed by atoms with Crippen molar-refractivity contribution in [3.05, 3.63) is 53.1 Å². The van der Waals surface area contributed by atoms with Crippen LogP contribution in [0, 0.1) is 0 Å². The molecule has 0 aliphatic heterocycles. The molecule has 2 aromatic rings. The van der Waals surface area contributed by atoms with Crippen molar-refractivity contribution in [2.45, 2.75) is 51.4 Å². The summed E-state index contributed by atoms with van der Waals surface area (Å²) in [6, 6.07) is 10.9. The van der Waals surface area contributed by atoms with Crippen molar-refractivity contribution in [1.29, 1.82) is 0 Å². The number of para-hydroxylation sites is 1. The van der Waals surface area contributed by atoms with Gasteiger partial charge in [0.1, 0.15) is 5.56 Å². The number of primary amides is 1.